The van der Waals surface area contributed by atoms with Gasteiger partial charge in [0.15, 0.2) is 9.84 Å². The molecule has 13 heteroatoms. The van der Waals surface area contributed by atoms with Crippen molar-refractivity contribution in [3.63, 3.8) is 0 Å². The molecule has 1 atom stereocenters. The summed E-state index contributed by atoms with van der Waals surface area (Å²) in [5.74, 6) is -1.49. The number of nitrogens with one attached hydrogen (secondary N) is 2. The molecule has 30 heavy (non-hydrogen) atoms. The van der Waals surface area contributed by atoms with Crippen molar-refractivity contribution in [2.24, 2.45) is 0 Å². The number of hydrogen-bond acceptors (Lipinski definition) is 7. The number of nitro benzene ring substituents is 1. The highest BCUT2D eigenvalue weighted by molar-refractivity contribution is 7.92. The highest BCUT2D eigenvalue weighted by atomic mass is 32.2. The van der Waals surface area contributed by atoms with E-state index < -0.39 is 47.4 Å². The second-order valence-corrected chi connectivity index (χ2v) is 10.1. The molecule has 162 valence electrons. The third-order valence-corrected chi connectivity index (χ3v) is 7.56. The van der Waals surface area contributed by atoms with Crippen molar-refractivity contribution in [3.05, 3.63) is 64.5 Å². The fraction of sp³-hybridized carbons (Fsp3) is 0.235. The first kappa shape index (κ1) is 23.4. The quantitative estimate of drug-likeness (QED) is 0.245. The number of sulfonamides is 1. The van der Waals surface area contributed by atoms with Gasteiger partial charge in [-0.25, -0.2) is 25.9 Å². The fourth-order valence-electron chi connectivity index (χ4n) is 2.33. The summed E-state index contributed by atoms with van der Waals surface area (Å²) in [5.41, 5.74) is -0.397. The van der Waals surface area contributed by atoms with Gasteiger partial charge < -0.3 is 5.32 Å². The predicted octanol–water partition coefficient (Wildman–Crippen LogP) is 0.991. The topological polar surface area (TPSA) is 153 Å². The Hall–Kier alpha value is -2.90. The number of benzene rings is 2. The van der Waals surface area contributed by atoms with Gasteiger partial charge in [0.1, 0.15) is 11.1 Å². The summed E-state index contributed by atoms with van der Waals surface area (Å²) in [4.78, 5) is 21.6. The van der Waals surface area contributed by atoms with E-state index in [1.807, 2.05) is 0 Å². The zero-order valence-corrected chi connectivity index (χ0v) is 17.2. The van der Waals surface area contributed by atoms with Crippen LogP contribution in [0.4, 0.5) is 10.1 Å². The molecule has 2 rings (SSSR count). The zero-order valence-electron chi connectivity index (χ0n) is 15.6. The lowest BCUT2D eigenvalue weighted by atomic mass is 10.3. The molecule has 0 radical (unpaired) electrons. The van der Waals surface area contributed by atoms with E-state index in [4.69, 9.17) is 0 Å². The van der Waals surface area contributed by atoms with Crippen LogP contribution in [0.15, 0.2) is 58.3 Å². The molecule has 2 aromatic carbocycles. The number of amides is 1. The Bertz CT molecular complexity index is 1150. The van der Waals surface area contributed by atoms with Crippen LogP contribution in [-0.4, -0.2) is 46.0 Å². The highest BCUT2D eigenvalue weighted by Gasteiger charge is 2.29. The molecule has 0 fully saturated rings. The maximum absolute atomic E-state index is 13.0. The predicted molar refractivity (Wildman–Crippen MR) is 104 cm³/mol. The average molecular weight is 459 g/mol. The molecule has 0 aliphatic rings. The Kier molecular flexibility index (Phi) is 7.23. The van der Waals surface area contributed by atoms with Crippen molar-refractivity contribution in [2.75, 3.05) is 13.1 Å². The summed E-state index contributed by atoms with van der Waals surface area (Å²) in [6.45, 7) is 0.650. The van der Waals surface area contributed by atoms with E-state index in [1.54, 1.807) is 0 Å². The van der Waals surface area contributed by atoms with Gasteiger partial charge in [-0.1, -0.05) is 6.07 Å². The number of nitrogens with zero attached hydrogens (tertiary/aromatic N) is 1. The Morgan fingerprint density at radius 3 is 2.30 bits per heavy atom. The monoisotopic (exact) mass is 459 g/mol. The largest absolute Gasteiger partial charge is 0.354 e. The van der Waals surface area contributed by atoms with Gasteiger partial charge in [0.05, 0.1) is 14.7 Å². The summed E-state index contributed by atoms with van der Waals surface area (Å²) in [6.07, 6.45) is 0. The molecule has 2 aromatic rings. The molecule has 0 heterocycles. The van der Waals surface area contributed by atoms with E-state index in [0.717, 1.165) is 43.3 Å². The molecule has 0 saturated heterocycles. The van der Waals surface area contributed by atoms with Crippen LogP contribution in [0, 0.1) is 15.9 Å². The van der Waals surface area contributed by atoms with E-state index in [1.165, 1.54) is 12.1 Å². The van der Waals surface area contributed by atoms with Gasteiger partial charge >= 0.3 is 0 Å². The zero-order chi connectivity index (χ0) is 22.5. The Balaban J connectivity index is 1.94. The van der Waals surface area contributed by atoms with Crippen molar-refractivity contribution < 1.29 is 30.9 Å². The minimum atomic E-state index is -4.07. The van der Waals surface area contributed by atoms with Gasteiger partial charge in [-0.15, -0.1) is 0 Å². The molecule has 1 amide bonds. The molecule has 2 N–H and O–H groups in total. The van der Waals surface area contributed by atoms with E-state index >= 15 is 0 Å². The van der Waals surface area contributed by atoms with E-state index in [0.29, 0.717) is 0 Å². The maximum atomic E-state index is 13.0. The number of non-ortho nitro benzene ring substituents is 1. The van der Waals surface area contributed by atoms with Crippen LogP contribution in [0.25, 0.3) is 0 Å². The van der Waals surface area contributed by atoms with Gasteiger partial charge in [0.2, 0.25) is 15.9 Å². The van der Waals surface area contributed by atoms with Crippen molar-refractivity contribution in [1.82, 2.24) is 10.0 Å². The molecule has 1 unspecified atom stereocenters. The van der Waals surface area contributed by atoms with Crippen LogP contribution >= 0.6 is 0 Å². The van der Waals surface area contributed by atoms with E-state index in [-0.39, 0.29) is 22.9 Å². The number of halogens is 1. The van der Waals surface area contributed by atoms with Crippen molar-refractivity contribution in [1.29, 1.82) is 0 Å². The second kappa shape index (κ2) is 9.28. The average Bonchev–Trinajstić information content (AvgIpc) is 2.70. The minimum Gasteiger partial charge on any atom is -0.354 e. The molecular formula is C17H18FN3O7S2. The minimum absolute atomic E-state index is 0.224. The molecule has 0 bridgehead atoms. The molecule has 10 nitrogen and oxygen atoms in total. The third-order valence-electron chi connectivity index (χ3n) is 4.03. The standard InChI is InChI=1S/C17H18FN3O7S2/c1-12(29(25,26)15-7-5-13(18)6-8-15)17(22)19-9-10-20-30(27,28)16-4-2-3-14(11-16)21(23)24/h2-8,11-12,20H,9-10H2,1H3,(H,19,22). The molecule has 0 saturated carbocycles. The first-order chi connectivity index (χ1) is 13.9. The van der Waals surface area contributed by atoms with Crippen molar-refractivity contribution >= 4 is 31.5 Å². The normalized spacial score (nSPS) is 12.9. The number of rotatable bonds is 9. The summed E-state index contributed by atoms with van der Waals surface area (Å²) in [6, 6.07) is 8.42. The number of nitro groups is 1. The highest BCUT2D eigenvalue weighted by Crippen LogP contribution is 2.18. The summed E-state index contributed by atoms with van der Waals surface area (Å²) in [7, 11) is -8.13. The molecule has 0 aromatic heterocycles. The summed E-state index contributed by atoms with van der Waals surface area (Å²) in [5, 5.41) is 11.6. The molecule has 0 aliphatic carbocycles. The SMILES string of the molecule is CC(C(=O)NCCNS(=O)(=O)c1cccc([N+](=O)[O-])c1)S(=O)(=O)c1ccc(F)cc1. The van der Waals surface area contributed by atoms with Crippen molar-refractivity contribution in [3.8, 4) is 0 Å². The maximum Gasteiger partial charge on any atom is 0.270 e. The van der Waals surface area contributed by atoms with Crippen LogP contribution in [0.1, 0.15) is 6.92 Å². The lowest BCUT2D eigenvalue weighted by Gasteiger charge is -2.14. The van der Waals surface area contributed by atoms with Gasteiger partial charge in [-0.05, 0) is 37.3 Å². The fourth-order valence-corrected chi connectivity index (χ4v) is 4.69. The molecule has 0 spiro atoms. The number of carbonyl (C=O) groups excluding carboxylic acids is 1. The van der Waals surface area contributed by atoms with Crippen molar-refractivity contribution in [2.45, 2.75) is 22.0 Å². The number of sulfone groups is 1. The Labute approximate surface area is 172 Å². The van der Waals surface area contributed by atoms with Crippen LogP contribution in [0.5, 0.6) is 0 Å². The third kappa shape index (κ3) is 5.58. The first-order valence-corrected chi connectivity index (χ1v) is 11.5. The van der Waals surface area contributed by atoms with Gasteiger partial charge in [-0.3, -0.25) is 14.9 Å². The van der Waals surface area contributed by atoms with E-state index in [2.05, 4.69) is 10.0 Å². The first-order valence-electron chi connectivity index (χ1n) is 8.46. The van der Waals surface area contributed by atoms with Gasteiger partial charge in [0.25, 0.3) is 5.69 Å². The summed E-state index contributed by atoms with van der Waals surface area (Å²) < 4.78 is 64.3. The number of hydrogen-bond donors (Lipinski definition) is 2. The van der Waals surface area contributed by atoms with Crippen LogP contribution in [0.3, 0.4) is 0 Å². The lowest BCUT2D eigenvalue weighted by molar-refractivity contribution is -0.385. The van der Waals surface area contributed by atoms with Crippen LogP contribution in [-0.2, 0) is 24.7 Å². The van der Waals surface area contributed by atoms with Crippen LogP contribution < -0.4 is 10.0 Å². The molecular weight excluding hydrogens is 441 g/mol. The Morgan fingerprint density at radius 2 is 1.70 bits per heavy atom. The Morgan fingerprint density at radius 1 is 1.07 bits per heavy atom. The van der Waals surface area contributed by atoms with Crippen LogP contribution in [0.2, 0.25) is 0 Å². The second-order valence-electron chi connectivity index (χ2n) is 6.08. The molecule has 0 aliphatic heterocycles. The van der Waals surface area contributed by atoms with E-state index in [9.17, 15) is 36.1 Å². The smallest absolute Gasteiger partial charge is 0.270 e. The summed E-state index contributed by atoms with van der Waals surface area (Å²) >= 11 is 0. The number of carbonyl (C=O) groups is 1. The van der Waals surface area contributed by atoms with Gasteiger partial charge in [0, 0.05) is 25.2 Å². The lowest BCUT2D eigenvalue weighted by Crippen LogP contribution is -2.41. The van der Waals surface area contributed by atoms with Gasteiger partial charge in [-0.2, -0.15) is 0 Å².